The normalized spacial score (nSPS) is 13.5. The van der Waals surface area contributed by atoms with Crippen LogP contribution in [-0.2, 0) is 11.1 Å². The summed E-state index contributed by atoms with van der Waals surface area (Å²) in [6, 6.07) is 1.47. The minimum absolute atomic E-state index is 0.247. The van der Waals surface area contributed by atoms with Crippen LogP contribution in [0.5, 0.6) is 0 Å². The molecule has 0 aromatic carbocycles. The van der Waals surface area contributed by atoms with Crippen LogP contribution in [0.25, 0.3) is 0 Å². The molecule has 1 atom stereocenters. The summed E-state index contributed by atoms with van der Waals surface area (Å²) in [4.78, 5) is 0. The lowest BCUT2D eigenvalue weighted by atomic mass is 10.7. The fourth-order valence-corrected chi connectivity index (χ4v) is 2.87. The average Bonchev–Trinajstić information content (AvgIpc) is 2.13. The second-order valence-corrected chi connectivity index (χ2v) is 5.10. The standard InChI is InChI=1S/C4H2BrClO2S2/c5-2-1-3(10(7)8)9-4(2)6/h1H,(H,7,8)/p-1. The third kappa shape index (κ3) is 1.79. The van der Waals surface area contributed by atoms with Crippen LogP contribution in [0.2, 0.25) is 4.34 Å². The summed E-state index contributed by atoms with van der Waals surface area (Å²) in [5, 5.41) is 0. The zero-order valence-electron chi connectivity index (χ0n) is 4.47. The van der Waals surface area contributed by atoms with Crippen LogP contribution >= 0.6 is 38.9 Å². The van der Waals surface area contributed by atoms with E-state index >= 15 is 0 Å². The Labute approximate surface area is 77.6 Å². The van der Waals surface area contributed by atoms with Crippen LogP contribution in [0, 0.1) is 0 Å². The Morgan fingerprint density at radius 3 is 2.60 bits per heavy atom. The lowest BCUT2D eigenvalue weighted by Gasteiger charge is -1.96. The summed E-state index contributed by atoms with van der Waals surface area (Å²) >= 11 is 7.53. The first-order valence-corrected chi connectivity index (χ1v) is 5.21. The highest BCUT2D eigenvalue weighted by molar-refractivity contribution is 9.10. The molecule has 2 nitrogen and oxygen atoms in total. The maximum absolute atomic E-state index is 10.3. The molecule has 1 aromatic rings. The van der Waals surface area contributed by atoms with Gasteiger partial charge in [0, 0.05) is 4.47 Å². The van der Waals surface area contributed by atoms with E-state index in [0.717, 1.165) is 11.3 Å². The first kappa shape index (κ1) is 8.67. The molecule has 0 saturated carbocycles. The van der Waals surface area contributed by atoms with Gasteiger partial charge in [-0.1, -0.05) is 11.6 Å². The third-order valence-corrected chi connectivity index (χ3v) is 4.16. The second kappa shape index (κ2) is 3.32. The lowest BCUT2D eigenvalue weighted by molar-refractivity contribution is 0.539. The van der Waals surface area contributed by atoms with Crippen LogP contribution in [0.1, 0.15) is 0 Å². The van der Waals surface area contributed by atoms with Gasteiger partial charge >= 0.3 is 0 Å². The van der Waals surface area contributed by atoms with Gasteiger partial charge in [0.1, 0.15) is 4.34 Å². The van der Waals surface area contributed by atoms with Crippen molar-refractivity contribution in [2.75, 3.05) is 0 Å². The highest BCUT2D eigenvalue weighted by atomic mass is 79.9. The Bertz CT molecular complexity index is 253. The van der Waals surface area contributed by atoms with Crippen molar-refractivity contribution in [3.63, 3.8) is 0 Å². The lowest BCUT2D eigenvalue weighted by Crippen LogP contribution is -1.80. The van der Waals surface area contributed by atoms with E-state index in [0.29, 0.717) is 8.81 Å². The predicted octanol–water partition coefficient (Wildman–Crippen LogP) is 2.40. The maximum Gasteiger partial charge on any atom is 0.108 e. The number of hydrogen-bond acceptors (Lipinski definition) is 3. The summed E-state index contributed by atoms with van der Waals surface area (Å²) in [5.74, 6) is 0. The predicted molar refractivity (Wildman–Crippen MR) is 44.2 cm³/mol. The van der Waals surface area contributed by atoms with Crippen LogP contribution in [0.4, 0.5) is 0 Å². The van der Waals surface area contributed by atoms with E-state index in [1.54, 1.807) is 0 Å². The van der Waals surface area contributed by atoms with Crippen molar-refractivity contribution in [1.82, 2.24) is 0 Å². The minimum atomic E-state index is -2.16. The topological polar surface area (TPSA) is 40.1 Å². The Morgan fingerprint density at radius 1 is 1.80 bits per heavy atom. The van der Waals surface area contributed by atoms with E-state index in [1.807, 2.05) is 0 Å². The van der Waals surface area contributed by atoms with Crippen molar-refractivity contribution >= 4 is 49.9 Å². The van der Waals surface area contributed by atoms with E-state index in [-0.39, 0.29) is 4.21 Å². The summed E-state index contributed by atoms with van der Waals surface area (Å²) in [5.41, 5.74) is 0. The quantitative estimate of drug-likeness (QED) is 0.728. The molecule has 0 aliphatic carbocycles. The van der Waals surface area contributed by atoms with Crippen molar-refractivity contribution in [3.05, 3.63) is 14.9 Å². The van der Waals surface area contributed by atoms with Gasteiger partial charge in [-0.15, -0.1) is 11.3 Å². The molecular formula is C4HBrClO2S2-. The van der Waals surface area contributed by atoms with Crippen molar-refractivity contribution in [2.45, 2.75) is 4.21 Å². The molecule has 1 rings (SSSR count). The summed E-state index contributed by atoms with van der Waals surface area (Å²) in [6.45, 7) is 0. The molecular weight excluding hydrogens is 260 g/mol. The zero-order valence-corrected chi connectivity index (χ0v) is 8.44. The van der Waals surface area contributed by atoms with E-state index in [4.69, 9.17) is 11.6 Å². The number of thiophene rings is 1. The molecule has 1 unspecified atom stereocenters. The zero-order chi connectivity index (χ0) is 7.72. The fourth-order valence-electron chi connectivity index (χ4n) is 0.409. The Morgan fingerprint density at radius 2 is 2.40 bits per heavy atom. The number of rotatable bonds is 1. The first-order chi connectivity index (χ1) is 4.61. The molecule has 0 N–H and O–H groups in total. The molecule has 0 spiro atoms. The van der Waals surface area contributed by atoms with Gasteiger partial charge in [0.05, 0.1) is 4.21 Å². The van der Waals surface area contributed by atoms with Crippen molar-refractivity contribution in [2.24, 2.45) is 0 Å². The molecule has 0 radical (unpaired) electrons. The van der Waals surface area contributed by atoms with Crippen LogP contribution in [0.15, 0.2) is 14.7 Å². The monoisotopic (exact) mass is 259 g/mol. The molecule has 0 aliphatic rings. The van der Waals surface area contributed by atoms with Gasteiger partial charge in [-0.3, -0.25) is 4.21 Å². The first-order valence-electron chi connectivity index (χ1n) is 2.15. The number of hydrogen-bond donors (Lipinski definition) is 0. The summed E-state index contributed by atoms with van der Waals surface area (Å²) < 4.78 is 21.9. The van der Waals surface area contributed by atoms with Crippen LogP contribution < -0.4 is 0 Å². The highest BCUT2D eigenvalue weighted by Gasteiger charge is 2.03. The van der Waals surface area contributed by atoms with Gasteiger partial charge in [-0.25, -0.2) is 0 Å². The van der Waals surface area contributed by atoms with Crippen molar-refractivity contribution in [3.8, 4) is 0 Å². The van der Waals surface area contributed by atoms with Gasteiger partial charge < -0.3 is 4.55 Å². The van der Waals surface area contributed by atoms with E-state index in [9.17, 15) is 8.76 Å². The minimum Gasteiger partial charge on any atom is -0.768 e. The van der Waals surface area contributed by atoms with E-state index < -0.39 is 11.1 Å². The highest BCUT2D eigenvalue weighted by Crippen LogP contribution is 2.33. The third-order valence-electron chi connectivity index (χ3n) is 0.787. The molecule has 0 aliphatic heterocycles. The van der Waals surface area contributed by atoms with Gasteiger partial charge in [0.25, 0.3) is 0 Å². The van der Waals surface area contributed by atoms with Crippen molar-refractivity contribution < 1.29 is 8.76 Å². The fraction of sp³-hybridized carbons (Fsp3) is 0. The molecule has 0 saturated heterocycles. The SMILES string of the molecule is O=S([O-])c1cc(Br)c(Cl)s1. The van der Waals surface area contributed by atoms with Crippen LogP contribution in [0.3, 0.4) is 0 Å². The molecule has 0 amide bonds. The van der Waals surface area contributed by atoms with E-state index in [2.05, 4.69) is 15.9 Å². The van der Waals surface area contributed by atoms with Gasteiger partial charge in [0.15, 0.2) is 0 Å². The second-order valence-electron chi connectivity index (χ2n) is 1.42. The average molecular weight is 261 g/mol. The van der Waals surface area contributed by atoms with Gasteiger partial charge in [0.2, 0.25) is 0 Å². The van der Waals surface area contributed by atoms with Crippen LogP contribution in [-0.4, -0.2) is 8.76 Å². The van der Waals surface area contributed by atoms with Crippen molar-refractivity contribution in [1.29, 1.82) is 0 Å². The largest absolute Gasteiger partial charge is 0.768 e. The molecule has 0 bridgehead atoms. The Balaban J connectivity index is 3.10. The molecule has 1 heterocycles. The Hall–Kier alpha value is 0.580. The van der Waals surface area contributed by atoms with Gasteiger partial charge in [-0.2, -0.15) is 0 Å². The molecule has 0 fully saturated rings. The molecule has 1 aromatic heterocycles. The van der Waals surface area contributed by atoms with Gasteiger partial charge in [-0.05, 0) is 33.1 Å². The summed E-state index contributed by atoms with van der Waals surface area (Å²) in [7, 11) is 0. The number of halogens is 2. The molecule has 6 heteroatoms. The molecule has 10 heavy (non-hydrogen) atoms. The van der Waals surface area contributed by atoms with E-state index in [1.165, 1.54) is 6.07 Å². The Kier molecular flexibility index (Phi) is 2.88. The maximum atomic E-state index is 10.3. The smallest absolute Gasteiger partial charge is 0.108 e. The summed E-state index contributed by atoms with van der Waals surface area (Å²) in [6.07, 6.45) is 0. The molecule has 56 valence electrons.